The second kappa shape index (κ2) is 4.31. The van der Waals surface area contributed by atoms with Crippen LogP contribution in [0.25, 0.3) is 0 Å². The Bertz CT molecular complexity index is 697. The zero-order valence-electron chi connectivity index (χ0n) is 10.5. The van der Waals surface area contributed by atoms with E-state index in [-0.39, 0.29) is 5.56 Å². The van der Waals surface area contributed by atoms with Gasteiger partial charge in [-0.25, -0.2) is 4.21 Å². The number of benzene rings is 1. The molecule has 0 saturated carbocycles. The van der Waals surface area contributed by atoms with E-state index in [1.165, 1.54) is 19.9 Å². The molecule has 0 amide bonds. The Morgan fingerprint density at radius 3 is 2.35 bits per heavy atom. The predicted molar refractivity (Wildman–Crippen MR) is 66.5 cm³/mol. The third-order valence-corrected chi connectivity index (χ3v) is 4.36. The van der Waals surface area contributed by atoms with Gasteiger partial charge in [-0.1, -0.05) is 12.1 Å². The highest BCUT2D eigenvalue weighted by molar-refractivity contribution is 7.95. The molecule has 4 nitrogen and oxygen atoms in total. The standard InChI is InChI=1S/C12H11F3O4S/c1-11(2)10(16)9(20(17,18)19-11)7-4-3-5-8(6-7)12(13,14)15/h3-6H,1-2H3,(H,17,18). The fourth-order valence-electron chi connectivity index (χ4n) is 1.87. The van der Waals surface area contributed by atoms with Crippen molar-refractivity contribution in [3.63, 3.8) is 0 Å². The first-order valence-electron chi connectivity index (χ1n) is 5.52. The molecule has 1 atom stereocenters. The van der Waals surface area contributed by atoms with Crippen LogP contribution in [-0.2, 0) is 25.2 Å². The average Bonchev–Trinajstić information content (AvgIpc) is 2.42. The van der Waals surface area contributed by atoms with Gasteiger partial charge in [-0.3, -0.25) is 13.5 Å². The van der Waals surface area contributed by atoms with E-state index in [0.29, 0.717) is 6.07 Å². The van der Waals surface area contributed by atoms with Crippen LogP contribution in [0.15, 0.2) is 24.3 Å². The molecule has 110 valence electrons. The third-order valence-electron chi connectivity index (χ3n) is 2.78. The second-order valence-electron chi connectivity index (χ2n) is 4.81. The lowest BCUT2D eigenvalue weighted by atomic mass is 9.96. The van der Waals surface area contributed by atoms with Crippen LogP contribution < -0.4 is 0 Å². The SMILES string of the molecule is CC1(C)OS(=O)(O)=C(c2cccc(C(F)(F)F)c2)C1=O. The molecule has 0 bridgehead atoms. The van der Waals surface area contributed by atoms with Crippen molar-refractivity contribution < 1.29 is 30.9 Å². The molecule has 1 heterocycles. The molecule has 20 heavy (non-hydrogen) atoms. The van der Waals surface area contributed by atoms with Gasteiger partial charge in [0, 0.05) is 0 Å². The molecular formula is C12H11F3O4S. The monoisotopic (exact) mass is 308 g/mol. The average molecular weight is 308 g/mol. The van der Waals surface area contributed by atoms with Crippen LogP contribution in [0, 0.1) is 0 Å². The third kappa shape index (κ3) is 2.46. The van der Waals surface area contributed by atoms with Gasteiger partial charge in [0.05, 0.1) is 5.56 Å². The lowest BCUT2D eigenvalue weighted by molar-refractivity contribution is -0.137. The molecule has 2 rings (SSSR count). The molecule has 0 saturated heterocycles. The van der Waals surface area contributed by atoms with Gasteiger partial charge >= 0.3 is 6.18 Å². The largest absolute Gasteiger partial charge is 0.416 e. The molecule has 1 aromatic carbocycles. The molecule has 0 spiro atoms. The molecular weight excluding hydrogens is 297 g/mol. The number of halogens is 3. The Hall–Kier alpha value is -1.38. The van der Waals surface area contributed by atoms with Gasteiger partial charge < -0.3 is 0 Å². The van der Waals surface area contributed by atoms with E-state index in [1.807, 2.05) is 0 Å². The summed E-state index contributed by atoms with van der Waals surface area (Å²) in [6, 6.07) is 3.71. The van der Waals surface area contributed by atoms with Crippen molar-refractivity contribution in [2.45, 2.75) is 25.6 Å². The normalized spacial score (nSPS) is 26.1. The Morgan fingerprint density at radius 2 is 1.90 bits per heavy atom. The van der Waals surface area contributed by atoms with Crippen LogP contribution in [0.1, 0.15) is 25.0 Å². The van der Waals surface area contributed by atoms with Crippen LogP contribution in [-0.4, -0.2) is 25.0 Å². The summed E-state index contributed by atoms with van der Waals surface area (Å²) >= 11 is 0. The number of alkyl halides is 3. The number of hydrogen-bond donors (Lipinski definition) is 1. The number of Topliss-reactive ketones (excluding diaryl/α,β-unsaturated/α-hetero) is 1. The summed E-state index contributed by atoms with van der Waals surface area (Å²) in [5, 5.41) is 0. The summed E-state index contributed by atoms with van der Waals surface area (Å²) < 4.78 is 64.2. The van der Waals surface area contributed by atoms with Crippen molar-refractivity contribution >= 4 is 20.7 Å². The maximum absolute atomic E-state index is 12.6. The van der Waals surface area contributed by atoms with E-state index in [1.54, 1.807) is 0 Å². The van der Waals surface area contributed by atoms with Gasteiger partial charge in [0.1, 0.15) is 10.5 Å². The Morgan fingerprint density at radius 1 is 1.30 bits per heavy atom. The summed E-state index contributed by atoms with van der Waals surface area (Å²) in [6.07, 6.45) is -4.61. The van der Waals surface area contributed by atoms with E-state index in [4.69, 9.17) is 4.18 Å². The van der Waals surface area contributed by atoms with Crippen LogP contribution in [0.2, 0.25) is 0 Å². The highest BCUT2D eigenvalue weighted by Crippen LogP contribution is 2.32. The van der Waals surface area contributed by atoms with E-state index in [9.17, 15) is 26.7 Å². The van der Waals surface area contributed by atoms with Gasteiger partial charge in [-0.2, -0.15) is 13.2 Å². The van der Waals surface area contributed by atoms with Crippen LogP contribution in [0.4, 0.5) is 13.2 Å². The van der Waals surface area contributed by atoms with E-state index < -0.39 is 38.1 Å². The summed E-state index contributed by atoms with van der Waals surface area (Å²) in [7, 11) is -4.11. The van der Waals surface area contributed by atoms with Gasteiger partial charge in [0.25, 0.3) is 0 Å². The minimum atomic E-state index is -4.61. The van der Waals surface area contributed by atoms with Crippen molar-refractivity contribution in [2.75, 3.05) is 0 Å². The summed E-state index contributed by atoms with van der Waals surface area (Å²) in [5.41, 5.74) is -2.81. The predicted octanol–water partition coefficient (Wildman–Crippen LogP) is 2.28. The highest BCUT2D eigenvalue weighted by atomic mass is 32.2. The van der Waals surface area contributed by atoms with Crippen LogP contribution in [0.5, 0.6) is 0 Å². The minimum absolute atomic E-state index is 0.261. The maximum atomic E-state index is 12.6. The minimum Gasteiger partial charge on any atom is -0.293 e. The first kappa shape index (κ1) is 15.0. The smallest absolute Gasteiger partial charge is 0.293 e. The van der Waals surface area contributed by atoms with Crippen molar-refractivity contribution in [1.82, 2.24) is 0 Å². The molecule has 8 heteroatoms. The van der Waals surface area contributed by atoms with Gasteiger partial charge in [-0.05, 0) is 31.5 Å². The molecule has 0 radical (unpaired) electrons. The van der Waals surface area contributed by atoms with E-state index in [0.717, 1.165) is 12.1 Å². The molecule has 1 aliphatic rings. The van der Waals surface area contributed by atoms with E-state index >= 15 is 0 Å². The highest BCUT2D eigenvalue weighted by Gasteiger charge is 2.46. The number of ketones is 1. The Labute approximate surface area is 113 Å². The molecule has 1 unspecified atom stereocenters. The Balaban J connectivity index is 2.64. The second-order valence-corrected chi connectivity index (χ2v) is 6.33. The lowest BCUT2D eigenvalue weighted by Gasteiger charge is -2.13. The van der Waals surface area contributed by atoms with Crippen LogP contribution in [0.3, 0.4) is 0 Å². The molecule has 1 N–H and O–H groups in total. The zero-order chi connectivity index (χ0) is 15.3. The molecule has 1 aromatic rings. The first-order valence-corrected chi connectivity index (χ1v) is 6.96. The topological polar surface area (TPSA) is 63.6 Å². The lowest BCUT2D eigenvalue weighted by Crippen LogP contribution is -2.33. The summed E-state index contributed by atoms with van der Waals surface area (Å²) in [6.45, 7) is 2.57. The number of rotatable bonds is 1. The molecule has 1 aliphatic heterocycles. The van der Waals surface area contributed by atoms with Crippen molar-refractivity contribution in [1.29, 1.82) is 0 Å². The number of carbonyl (C=O) groups excluding carboxylic acids is 1. The van der Waals surface area contributed by atoms with Gasteiger partial charge in [0.2, 0.25) is 15.9 Å². The van der Waals surface area contributed by atoms with Crippen molar-refractivity contribution in [3.05, 3.63) is 35.4 Å². The number of hydrogen-bond acceptors (Lipinski definition) is 3. The van der Waals surface area contributed by atoms with Gasteiger partial charge in [-0.15, -0.1) is 0 Å². The van der Waals surface area contributed by atoms with Gasteiger partial charge in [0.15, 0.2) is 0 Å². The Kier molecular flexibility index (Phi) is 3.23. The summed E-state index contributed by atoms with van der Waals surface area (Å²) in [4.78, 5) is 11.4. The molecule has 0 aromatic heterocycles. The number of carbonyl (C=O) groups is 1. The maximum Gasteiger partial charge on any atom is 0.416 e. The molecule has 0 aliphatic carbocycles. The zero-order valence-corrected chi connectivity index (χ0v) is 11.3. The van der Waals surface area contributed by atoms with Crippen molar-refractivity contribution in [3.8, 4) is 0 Å². The van der Waals surface area contributed by atoms with Crippen molar-refractivity contribution in [2.24, 2.45) is 0 Å². The fourth-order valence-corrected chi connectivity index (χ4v) is 3.50. The fraction of sp³-hybridized carbons (Fsp3) is 0.333. The first-order chi connectivity index (χ1) is 8.95. The summed E-state index contributed by atoms with van der Waals surface area (Å²) in [5.74, 6) is -0.802. The van der Waals surface area contributed by atoms with E-state index in [2.05, 4.69) is 0 Å². The quantitative estimate of drug-likeness (QED) is 0.808. The van der Waals surface area contributed by atoms with Crippen LogP contribution >= 0.6 is 0 Å². The molecule has 0 fully saturated rings.